The van der Waals surface area contributed by atoms with Crippen molar-refractivity contribution in [2.24, 2.45) is 0 Å². The van der Waals surface area contributed by atoms with Crippen LogP contribution in [-0.2, 0) is 6.61 Å². The highest BCUT2D eigenvalue weighted by atomic mass is 16.5. The maximum absolute atomic E-state index is 9.05. The predicted molar refractivity (Wildman–Crippen MR) is 76.1 cm³/mol. The second-order valence-electron chi connectivity index (χ2n) is 4.76. The second kappa shape index (κ2) is 5.58. The molecule has 0 spiro atoms. The lowest BCUT2D eigenvalue weighted by molar-refractivity contribution is 0.303. The summed E-state index contributed by atoms with van der Waals surface area (Å²) in [6.45, 7) is 6.63. The monoisotopic (exact) mass is 251 g/mol. The van der Waals surface area contributed by atoms with Crippen LogP contribution in [-0.4, -0.2) is 0 Å². The molecule has 2 rings (SSSR count). The van der Waals surface area contributed by atoms with Crippen molar-refractivity contribution in [3.63, 3.8) is 0 Å². The maximum atomic E-state index is 9.05. The second-order valence-corrected chi connectivity index (χ2v) is 4.76. The van der Waals surface area contributed by atoms with E-state index in [1.54, 1.807) is 0 Å². The first-order valence-electron chi connectivity index (χ1n) is 6.30. The first-order chi connectivity index (χ1) is 9.11. The van der Waals surface area contributed by atoms with Crippen LogP contribution in [0.25, 0.3) is 0 Å². The molecule has 0 bridgehead atoms. The average Bonchev–Trinajstić information content (AvgIpc) is 2.41. The molecule has 19 heavy (non-hydrogen) atoms. The summed E-state index contributed by atoms with van der Waals surface area (Å²) in [6, 6.07) is 13.9. The van der Waals surface area contributed by atoms with Gasteiger partial charge >= 0.3 is 0 Å². The standard InChI is InChI=1S/C17H17NO/c1-12-8-14(3)17(9-13(12)2)19-11-16-7-5-4-6-15(16)10-18/h4-9H,11H2,1-3H3. The molecule has 0 fully saturated rings. The summed E-state index contributed by atoms with van der Waals surface area (Å²) in [5.41, 5.74) is 5.19. The van der Waals surface area contributed by atoms with Gasteiger partial charge in [0.2, 0.25) is 0 Å². The molecule has 0 amide bonds. The van der Waals surface area contributed by atoms with Crippen LogP contribution in [0, 0.1) is 32.1 Å². The van der Waals surface area contributed by atoms with Gasteiger partial charge in [-0.15, -0.1) is 0 Å². The minimum Gasteiger partial charge on any atom is -0.489 e. The highest BCUT2D eigenvalue weighted by Gasteiger charge is 2.05. The van der Waals surface area contributed by atoms with Crippen LogP contribution in [0.1, 0.15) is 27.8 Å². The lowest BCUT2D eigenvalue weighted by atomic mass is 10.1. The van der Waals surface area contributed by atoms with Gasteiger partial charge in [0.25, 0.3) is 0 Å². The Bertz CT molecular complexity index is 638. The number of ether oxygens (including phenoxy) is 1. The van der Waals surface area contributed by atoms with Crippen molar-refractivity contribution in [1.82, 2.24) is 0 Å². The minimum atomic E-state index is 0.424. The molecule has 0 saturated heterocycles. The van der Waals surface area contributed by atoms with E-state index in [0.717, 1.165) is 16.9 Å². The van der Waals surface area contributed by atoms with E-state index < -0.39 is 0 Å². The van der Waals surface area contributed by atoms with Gasteiger partial charge in [0.05, 0.1) is 11.6 Å². The van der Waals surface area contributed by atoms with E-state index in [4.69, 9.17) is 10.00 Å². The molecule has 0 aliphatic heterocycles. The summed E-state index contributed by atoms with van der Waals surface area (Å²) in [5, 5.41) is 9.05. The molecule has 0 aliphatic carbocycles. The third kappa shape index (κ3) is 2.95. The molecule has 0 heterocycles. The van der Waals surface area contributed by atoms with Crippen LogP contribution < -0.4 is 4.74 Å². The molecule has 0 aromatic heterocycles. The lowest BCUT2D eigenvalue weighted by Gasteiger charge is -2.12. The summed E-state index contributed by atoms with van der Waals surface area (Å²) in [5.74, 6) is 0.885. The van der Waals surface area contributed by atoms with E-state index >= 15 is 0 Å². The molecular formula is C17H17NO. The fraction of sp³-hybridized carbons (Fsp3) is 0.235. The van der Waals surface area contributed by atoms with Gasteiger partial charge in [0.1, 0.15) is 12.4 Å². The quantitative estimate of drug-likeness (QED) is 0.824. The smallest absolute Gasteiger partial charge is 0.122 e. The number of aryl methyl sites for hydroxylation is 3. The summed E-state index contributed by atoms with van der Waals surface area (Å²) in [4.78, 5) is 0. The van der Waals surface area contributed by atoms with Crippen molar-refractivity contribution >= 4 is 0 Å². The fourth-order valence-electron chi connectivity index (χ4n) is 2.00. The average molecular weight is 251 g/mol. The van der Waals surface area contributed by atoms with Gasteiger partial charge in [-0.3, -0.25) is 0 Å². The number of nitrogens with zero attached hydrogens (tertiary/aromatic N) is 1. The summed E-state index contributed by atoms with van der Waals surface area (Å²) in [6.07, 6.45) is 0. The molecule has 0 radical (unpaired) electrons. The van der Waals surface area contributed by atoms with E-state index in [1.165, 1.54) is 11.1 Å². The van der Waals surface area contributed by atoms with Gasteiger partial charge in [0.15, 0.2) is 0 Å². The third-order valence-corrected chi connectivity index (χ3v) is 3.31. The summed E-state index contributed by atoms with van der Waals surface area (Å²) in [7, 11) is 0. The Balaban J connectivity index is 2.20. The number of rotatable bonds is 3. The van der Waals surface area contributed by atoms with Crippen molar-refractivity contribution in [2.45, 2.75) is 27.4 Å². The third-order valence-electron chi connectivity index (χ3n) is 3.31. The SMILES string of the molecule is Cc1cc(C)c(OCc2ccccc2C#N)cc1C. The molecule has 0 saturated carbocycles. The Morgan fingerprint density at radius 2 is 1.68 bits per heavy atom. The molecular weight excluding hydrogens is 234 g/mol. The largest absolute Gasteiger partial charge is 0.489 e. The highest BCUT2D eigenvalue weighted by Crippen LogP contribution is 2.23. The molecule has 0 atom stereocenters. The van der Waals surface area contributed by atoms with E-state index in [9.17, 15) is 0 Å². The van der Waals surface area contributed by atoms with Gasteiger partial charge in [-0.05, 0) is 49.6 Å². The van der Waals surface area contributed by atoms with Crippen molar-refractivity contribution in [1.29, 1.82) is 5.26 Å². The van der Waals surface area contributed by atoms with Crippen LogP contribution in [0.3, 0.4) is 0 Å². The van der Waals surface area contributed by atoms with Crippen molar-refractivity contribution in [2.75, 3.05) is 0 Å². The summed E-state index contributed by atoms with van der Waals surface area (Å²) >= 11 is 0. The van der Waals surface area contributed by atoms with Crippen LogP contribution in [0.5, 0.6) is 5.75 Å². The number of hydrogen-bond donors (Lipinski definition) is 0. The molecule has 2 heteroatoms. The Morgan fingerprint density at radius 3 is 2.42 bits per heavy atom. The van der Waals surface area contributed by atoms with Crippen molar-refractivity contribution in [3.05, 3.63) is 64.2 Å². The Kier molecular flexibility index (Phi) is 3.87. The van der Waals surface area contributed by atoms with Gasteiger partial charge < -0.3 is 4.74 Å². The zero-order valence-corrected chi connectivity index (χ0v) is 11.5. The van der Waals surface area contributed by atoms with Gasteiger partial charge in [-0.2, -0.15) is 5.26 Å². The minimum absolute atomic E-state index is 0.424. The van der Waals surface area contributed by atoms with Crippen LogP contribution in [0.2, 0.25) is 0 Å². The van der Waals surface area contributed by atoms with E-state index in [0.29, 0.717) is 12.2 Å². The van der Waals surface area contributed by atoms with Gasteiger partial charge in [-0.25, -0.2) is 0 Å². The molecule has 0 N–H and O–H groups in total. The van der Waals surface area contributed by atoms with Crippen LogP contribution >= 0.6 is 0 Å². The van der Waals surface area contributed by atoms with E-state index in [2.05, 4.69) is 32.0 Å². The predicted octanol–water partition coefficient (Wildman–Crippen LogP) is 4.06. The van der Waals surface area contributed by atoms with Gasteiger partial charge in [0, 0.05) is 5.56 Å². The van der Waals surface area contributed by atoms with Crippen LogP contribution in [0.4, 0.5) is 0 Å². The zero-order chi connectivity index (χ0) is 13.8. The maximum Gasteiger partial charge on any atom is 0.122 e. The molecule has 0 aliphatic rings. The first kappa shape index (κ1) is 13.2. The fourth-order valence-corrected chi connectivity index (χ4v) is 2.00. The van der Waals surface area contributed by atoms with E-state index in [1.807, 2.05) is 31.2 Å². The number of hydrogen-bond acceptors (Lipinski definition) is 2. The van der Waals surface area contributed by atoms with Gasteiger partial charge in [-0.1, -0.05) is 24.3 Å². The Hall–Kier alpha value is -2.27. The Labute approximate surface area is 114 Å². The van der Waals surface area contributed by atoms with E-state index in [-0.39, 0.29) is 0 Å². The van der Waals surface area contributed by atoms with Crippen molar-refractivity contribution < 1.29 is 4.74 Å². The summed E-state index contributed by atoms with van der Waals surface area (Å²) < 4.78 is 5.85. The Morgan fingerprint density at radius 1 is 1.00 bits per heavy atom. The zero-order valence-electron chi connectivity index (χ0n) is 11.5. The van der Waals surface area contributed by atoms with Crippen LogP contribution in [0.15, 0.2) is 36.4 Å². The number of benzene rings is 2. The lowest BCUT2D eigenvalue weighted by Crippen LogP contribution is -2.00. The topological polar surface area (TPSA) is 33.0 Å². The normalized spacial score (nSPS) is 10.0. The molecule has 2 aromatic rings. The van der Waals surface area contributed by atoms with Crippen molar-refractivity contribution in [3.8, 4) is 11.8 Å². The molecule has 2 nitrogen and oxygen atoms in total. The highest BCUT2D eigenvalue weighted by molar-refractivity contribution is 5.42. The molecule has 96 valence electrons. The molecule has 0 unspecified atom stereocenters. The number of nitriles is 1. The first-order valence-corrected chi connectivity index (χ1v) is 6.30. The molecule has 2 aromatic carbocycles.